The van der Waals surface area contributed by atoms with Crippen LogP contribution >= 0.6 is 11.8 Å². The molecule has 0 radical (unpaired) electrons. The second-order valence-electron chi connectivity index (χ2n) is 4.96. The molecule has 0 aromatic heterocycles. The number of ether oxygens (including phenoxy) is 3. The predicted molar refractivity (Wildman–Crippen MR) is 82.8 cm³/mol. The molecule has 1 aliphatic heterocycles. The SMILES string of the molecule is COc1ccc(C(N)CSC2CCOC2C)cc1OC. The van der Waals surface area contributed by atoms with E-state index in [1.54, 1.807) is 14.2 Å². The molecule has 0 saturated carbocycles. The molecule has 112 valence electrons. The van der Waals surface area contributed by atoms with Gasteiger partial charge in [0.05, 0.1) is 20.3 Å². The lowest BCUT2D eigenvalue weighted by Crippen LogP contribution is -2.19. The summed E-state index contributed by atoms with van der Waals surface area (Å²) in [7, 11) is 3.27. The molecule has 0 amide bonds. The molecule has 2 N–H and O–H groups in total. The predicted octanol–water partition coefficient (Wildman–Crippen LogP) is 2.61. The topological polar surface area (TPSA) is 53.7 Å². The normalized spacial score (nSPS) is 23.6. The van der Waals surface area contributed by atoms with Crippen molar-refractivity contribution < 1.29 is 14.2 Å². The monoisotopic (exact) mass is 297 g/mol. The molecule has 1 fully saturated rings. The van der Waals surface area contributed by atoms with Crippen molar-refractivity contribution >= 4 is 11.8 Å². The maximum atomic E-state index is 6.28. The number of rotatable bonds is 6. The van der Waals surface area contributed by atoms with E-state index < -0.39 is 0 Å². The van der Waals surface area contributed by atoms with Gasteiger partial charge in [-0.05, 0) is 31.0 Å². The molecule has 1 aliphatic rings. The molecule has 1 aromatic rings. The maximum absolute atomic E-state index is 6.28. The summed E-state index contributed by atoms with van der Waals surface area (Å²) in [6, 6.07) is 5.85. The van der Waals surface area contributed by atoms with E-state index >= 15 is 0 Å². The number of thioether (sulfide) groups is 1. The van der Waals surface area contributed by atoms with Crippen molar-refractivity contribution in [2.75, 3.05) is 26.6 Å². The van der Waals surface area contributed by atoms with Gasteiger partial charge in [0.2, 0.25) is 0 Å². The molecule has 3 unspecified atom stereocenters. The Morgan fingerprint density at radius 3 is 2.70 bits per heavy atom. The van der Waals surface area contributed by atoms with Crippen LogP contribution in [0.2, 0.25) is 0 Å². The van der Waals surface area contributed by atoms with Gasteiger partial charge in [-0.15, -0.1) is 0 Å². The summed E-state index contributed by atoms with van der Waals surface area (Å²) in [6.45, 7) is 3.00. The van der Waals surface area contributed by atoms with Crippen LogP contribution in [0.4, 0.5) is 0 Å². The first-order chi connectivity index (χ1) is 9.65. The van der Waals surface area contributed by atoms with Gasteiger partial charge >= 0.3 is 0 Å². The van der Waals surface area contributed by atoms with E-state index in [1.165, 1.54) is 0 Å². The summed E-state index contributed by atoms with van der Waals surface area (Å²) in [5, 5.41) is 0.557. The van der Waals surface area contributed by atoms with Gasteiger partial charge in [-0.3, -0.25) is 0 Å². The van der Waals surface area contributed by atoms with E-state index in [0.29, 0.717) is 11.4 Å². The first-order valence-corrected chi connectivity index (χ1v) is 7.91. The molecule has 1 aromatic carbocycles. The molecule has 1 saturated heterocycles. The Balaban J connectivity index is 1.96. The molecule has 20 heavy (non-hydrogen) atoms. The molecule has 0 bridgehead atoms. The molecular formula is C15H23NO3S. The largest absolute Gasteiger partial charge is 0.493 e. The molecule has 4 nitrogen and oxygen atoms in total. The van der Waals surface area contributed by atoms with E-state index in [1.807, 2.05) is 30.0 Å². The van der Waals surface area contributed by atoms with Crippen molar-refractivity contribution in [3.63, 3.8) is 0 Å². The van der Waals surface area contributed by atoms with Gasteiger partial charge < -0.3 is 19.9 Å². The van der Waals surface area contributed by atoms with Crippen LogP contribution in [-0.4, -0.2) is 37.9 Å². The van der Waals surface area contributed by atoms with Gasteiger partial charge in [0.15, 0.2) is 11.5 Å². The highest BCUT2D eigenvalue weighted by atomic mass is 32.2. The number of hydrogen-bond donors (Lipinski definition) is 1. The third-order valence-corrected chi connectivity index (χ3v) is 5.23. The average Bonchev–Trinajstić information content (AvgIpc) is 2.89. The van der Waals surface area contributed by atoms with Crippen molar-refractivity contribution in [2.24, 2.45) is 5.73 Å². The molecule has 5 heteroatoms. The summed E-state index contributed by atoms with van der Waals surface area (Å²) >= 11 is 1.90. The van der Waals surface area contributed by atoms with Crippen LogP contribution in [0.5, 0.6) is 11.5 Å². The molecule has 1 heterocycles. The second-order valence-corrected chi connectivity index (χ2v) is 6.23. The van der Waals surface area contributed by atoms with E-state index in [0.717, 1.165) is 35.8 Å². The Bertz CT molecular complexity index is 441. The Labute approximate surface area is 125 Å². The fourth-order valence-electron chi connectivity index (χ4n) is 2.34. The van der Waals surface area contributed by atoms with Gasteiger partial charge in [0.1, 0.15) is 0 Å². The summed E-state index contributed by atoms with van der Waals surface area (Å²) in [5.74, 6) is 2.34. The molecule has 0 spiro atoms. The van der Waals surface area contributed by atoms with Crippen LogP contribution in [0.1, 0.15) is 24.9 Å². The summed E-state index contributed by atoms with van der Waals surface area (Å²) in [4.78, 5) is 0. The Morgan fingerprint density at radius 1 is 1.35 bits per heavy atom. The highest BCUT2D eigenvalue weighted by Gasteiger charge is 2.25. The van der Waals surface area contributed by atoms with E-state index in [2.05, 4.69) is 6.92 Å². The van der Waals surface area contributed by atoms with Crippen molar-refractivity contribution in [3.8, 4) is 11.5 Å². The Morgan fingerprint density at radius 2 is 2.10 bits per heavy atom. The van der Waals surface area contributed by atoms with Gasteiger partial charge in [0.25, 0.3) is 0 Å². The number of benzene rings is 1. The average molecular weight is 297 g/mol. The lowest BCUT2D eigenvalue weighted by Gasteiger charge is -2.18. The van der Waals surface area contributed by atoms with Crippen LogP contribution in [-0.2, 0) is 4.74 Å². The zero-order chi connectivity index (χ0) is 14.5. The molecular weight excluding hydrogens is 274 g/mol. The second kappa shape index (κ2) is 7.20. The van der Waals surface area contributed by atoms with Crippen molar-refractivity contribution in [2.45, 2.75) is 30.7 Å². The third-order valence-electron chi connectivity index (χ3n) is 3.63. The summed E-state index contributed by atoms with van der Waals surface area (Å²) < 4.78 is 16.1. The van der Waals surface area contributed by atoms with Crippen LogP contribution in [0, 0.1) is 0 Å². The molecule has 0 aliphatic carbocycles. The van der Waals surface area contributed by atoms with E-state index in [4.69, 9.17) is 19.9 Å². The highest BCUT2D eigenvalue weighted by Crippen LogP contribution is 2.32. The van der Waals surface area contributed by atoms with Crippen LogP contribution in [0.15, 0.2) is 18.2 Å². The minimum absolute atomic E-state index is 0.00685. The molecule has 2 rings (SSSR count). The lowest BCUT2D eigenvalue weighted by molar-refractivity contribution is 0.127. The number of hydrogen-bond acceptors (Lipinski definition) is 5. The summed E-state index contributed by atoms with van der Waals surface area (Å²) in [6.07, 6.45) is 1.45. The quantitative estimate of drug-likeness (QED) is 0.874. The standard InChI is InChI=1S/C15H23NO3S/c1-10-15(6-7-19-10)20-9-12(16)11-4-5-13(17-2)14(8-11)18-3/h4-5,8,10,12,15H,6-7,9,16H2,1-3H3. The highest BCUT2D eigenvalue weighted by molar-refractivity contribution is 8.00. The zero-order valence-corrected chi connectivity index (χ0v) is 13.1. The van der Waals surface area contributed by atoms with Crippen LogP contribution in [0.25, 0.3) is 0 Å². The van der Waals surface area contributed by atoms with Gasteiger partial charge in [0, 0.05) is 23.7 Å². The lowest BCUT2D eigenvalue weighted by atomic mass is 10.1. The van der Waals surface area contributed by atoms with Gasteiger partial charge in [-0.1, -0.05) is 6.07 Å². The van der Waals surface area contributed by atoms with Crippen molar-refractivity contribution in [1.82, 2.24) is 0 Å². The van der Waals surface area contributed by atoms with Crippen LogP contribution in [0.3, 0.4) is 0 Å². The van der Waals surface area contributed by atoms with Crippen molar-refractivity contribution in [3.05, 3.63) is 23.8 Å². The van der Waals surface area contributed by atoms with Gasteiger partial charge in [-0.2, -0.15) is 11.8 Å². The number of methoxy groups -OCH3 is 2. The molecule has 3 atom stereocenters. The maximum Gasteiger partial charge on any atom is 0.161 e. The van der Waals surface area contributed by atoms with Crippen molar-refractivity contribution in [1.29, 1.82) is 0 Å². The zero-order valence-electron chi connectivity index (χ0n) is 12.3. The van der Waals surface area contributed by atoms with Crippen LogP contribution < -0.4 is 15.2 Å². The number of nitrogens with two attached hydrogens (primary N) is 1. The Hall–Kier alpha value is -0.910. The first kappa shape index (κ1) is 15.5. The first-order valence-electron chi connectivity index (χ1n) is 6.86. The van der Waals surface area contributed by atoms with E-state index in [9.17, 15) is 0 Å². The third kappa shape index (κ3) is 3.59. The Kier molecular flexibility index (Phi) is 5.57. The summed E-state index contributed by atoms with van der Waals surface area (Å²) in [5.41, 5.74) is 7.35. The smallest absolute Gasteiger partial charge is 0.161 e. The van der Waals surface area contributed by atoms with Gasteiger partial charge in [-0.25, -0.2) is 0 Å². The fraction of sp³-hybridized carbons (Fsp3) is 0.600. The van der Waals surface area contributed by atoms with E-state index in [-0.39, 0.29) is 6.04 Å². The minimum atomic E-state index is -0.00685. The minimum Gasteiger partial charge on any atom is -0.493 e. The fourth-order valence-corrected chi connectivity index (χ4v) is 3.60.